The van der Waals surface area contributed by atoms with Gasteiger partial charge in [0.1, 0.15) is 12.6 Å². The van der Waals surface area contributed by atoms with Crippen LogP contribution in [0.2, 0.25) is 0 Å². The first-order valence-corrected chi connectivity index (χ1v) is 7.48. The number of fused-ring (bicyclic) bond motifs is 1. The van der Waals surface area contributed by atoms with E-state index in [1.807, 2.05) is 33.7 Å². The molecule has 0 radical (unpaired) electrons. The van der Waals surface area contributed by atoms with E-state index in [4.69, 9.17) is 0 Å². The van der Waals surface area contributed by atoms with E-state index in [0.717, 1.165) is 30.3 Å². The highest BCUT2D eigenvalue weighted by molar-refractivity contribution is 5.88. The molecule has 1 amide bonds. The van der Waals surface area contributed by atoms with E-state index in [-0.39, 0.29) is 5.91 Å². The maximum absolute atomic E-state index is 12.5. The average molecular weight is 281 g/mol. The van der Waals surface area contributed by atoms with Crippen molar-refractivity contribution in [1.82, 2.24) is 9.47 Å². The molecule has 2 aromatic rings. The number of hydrogen-bond donors (Lipinski definition) is 0. The average Bonchev–Trinajstić information content (AvgIpc) is 2.86. The van der Waals surface area contributed by atoms with Crippen LogP contribution in [0.15, 0.2) is 30.5 Å². The highest BCUT2D eigenvalue weighted by Crippen LogP contribution is 2.22. The molecule has 1 aliphatic heterocycles. The van der Waals surface area contributed by atoms with Crippen LogP contribution < -0.4 is 0 Å². The van der Waals surface area contributed by atoms with Crippen molar-refractivity contribution in [2.24, 2.45) is 0 Å². The molecule has 0 spiro atoms. The van der Waals surface area contributed by atoms with Gasteiger partial charge in [0, 0.05) is 29.7 Å². The SMILES string of the molecule is C[C@@H]1CCCCN1C(=O)Cn1cc(C#N)c2ccccc21. The first-order chi connectivity index (χ1) is 10.2. The summed E-state index contributed by atoms with van der Waals surface area (Å²) in [6.45, 7) is 3.28. The first-order valence-electron chi connectivity index (χ1n) is 7.48. The van der Waals surface area contributed by atoms with Gasteiger partial charge >= 0.3 is 0 Å². The summed E-state index contributed by atoms with van der Waals surface area (Å²) in [5.74, 6) is 0.146. The van der Waals surface area contributed by atoms with Crippen LogP contribution in [-0.2, 0) is 11.3 Å². The minimum Gasteiger partial charge on any atom is -0.338 e. The summed E-state index contributed by atoms with van der Waals surface area (Å²) in [4.78, 5) is 14.5. The highest BCUT2D eigenvalue weighted by atomic mass is 16.2. The van der Waals surface area contributed by atoms with Crippen molar-refractivity contribution in [3.63, 3.8) is 0 Å². The number of para-hydroxylation sites is 1. The number of hydrogen-bond acceptors (Lipinski definition) is 2. The maximum Gasteiger partial charge on any atom is 0.242 e. The standard InChI is InChI=1S/C17H19N3O/c1-13-6-4-5-9-20(13)17(21)12-19-11-14(10-18)15-7-2-3-8-16(15)19/h2-3,7-8,11,13H,4-6,9,12H2,1H3/t13-/m1/s1. The minimum atomic E-state index is 0.146. The Bertz CT molecular complexity index is 710. The summed E-state index contributed by atoms with van der Waals surface area (Å²) < 4.78 is 1.90. The van der Waals surface area contributed by atoms with Crippen LogP contribution >= 0.6 is 0 Å². The number of carbonyl (C=O) groups excluding carboxylic acids is 1. The van der Waals surface area contributed by atoms with E-state index in [9.17, 15) is 10.1 Å². The van der Waals surface area contributed by atoms with E-state index < -0.39 is 0 Å². The monoisotopic (exact) mass is 281 g/mol. The first kappa shape index (κ1) is 13.7. The second kappa shape index (κ2) is 5.61. The summed E-state index contributed by atoms with van der Waals surface area (Å²) in [5.41, 5.74) is 1.58. The molecule has 1 aromatic carbocycles. The zero-order valence-electron chi connectivity index (χ0n) is 12.2. The molecule has 1 saturated heterocycles. The van der Waals surface area contributed by atoms with Crippen molar-refractivity contribution in [3.05, 3.63) is 36.0 Å². The Kier molecular flexibility index (Phi) is 3.66. The van der Waals surface area contributed by atoms with Crippen molar-refractivity contribution in [2.45, 2.75) is 38.8 Å². The molecule has 1 aromatic heterocycles. The normalized spacial score (nSPS) is 18.7. The van der Waals surface area contributed by atoms with Crippen molar-refractivity contribution in [3.8, 4) is 6.07 Å². The molecule has 2 heterocycles. The maximum atomic E-state index is 12.5. The van der Waals surface area contributed by atoms with Crippen molar-refractivity contribution < 1.29 is 4.79 Å². The van der Waals surface area contributed by atoms with Gasteiger partial charge in [-0.25, -0.2) is 0 Å². The molecular formula is C17H19N3O. The molecule has 1 aliphatic rings. The van der Waals surface area contributed by atoms with Crippen molar-refractivity contribution in [2.75, 3.05) is 6.54 Å². The van der Waals surface area contributed by atoms with Gasteiger partial charge in [-0.05, 0) is 32.3 Å². The summed E-state index contributed by atoms with van der Waals surface area (Å²) in [6.07, 6.45) is 5.17. The zero-order chi connectivity index (χ0) is 14.8. The quantitative estimate of drug-likeness (QED) is 0.849. The smallest absolute Gasteiger partial charge is 0.242 e. The zero-order valence-corrected chi connectivity index (χ0v) is 12.2. The fourth-order valence-corrected chi connectivity index (χ4v) is 3.17. The molecular weight excluding hydrogens is 262 g/mol. The topological polar surface area (TPSA) is 49.0 Å². The number of likely N-dealkylation sites (tertiary alicyclic amines) is 1. The van der Waals surface area contributed by atoms with E-state index >= 15 is 0 Å². The van der Waals surface area contributed by atoms with Crippen LogP contribution in [0.4, 0.5) is 0 Å². The number of aromatic nitrogens is 1. The third kappa shape index (κ3) is 2.52. The van der Waals surface area contributed by atoms with Gasteiger partial charge in [0.15, 0.2) is 0 Å². The van der Waals surface area contributed by atoms with E-state index in [2.05, 4.69) is 13.0 Å². The van der Waals surface area contributed by atoms with Crippen LogP contribution in [-0.4, -0.2) is 28.0 Å². The molecule has 4 heteroatoms. The number of nitrogens with zero attached hydrogens (tertiary/aromatic N) is 3. The van der Waals surface area contributed by atoms with Gasteiger partial charge in [-0.3, -0.25) is 4.79 Å². The fourth-order valence-electron chi connectivity index (χ4n) is 3.17. The summed E-state index contributed by atoms with van der Waals surface area (Å²) >= 11 is 0. The van der Waals surface area contributed by atoms with Crippen LogP contribution in [0.1, 0.15) is 31.7 Å². The number of carbonyl (C=O) groups is 1. The third-order valence-corrected chi connectivity index (χ3v) is 4.34. The number of piperidine rings is 1. The molecule has 1 fully saturated rings. The largest absolute Gasteiger partial charge is 0.338 e. The van der Waals surface area contributed by atoms with Crippen LogP contribution in [0.25, 0.3) is 10.9 Å². The lowest BCUT2D eigenvalue weighted by Gasteiger charge is -2.33. The lowest BCUT2D eigenvalue weighted by molar-refractivity contribution is -0.135. The molecule has 1 atom stereocenters. The van der Waals surface area contributed by atoms with Gasteiger partial charge in [-0.1, -0.05) is 18.2 Å². The molecule has 0 unspecified atom stereocenters. The summed E-state index contributed by atoms with van der Waals surface area (Å²) in [7, 11) is 0. The Morgan fingerprint density at radius 1 is 1.38 bits per heavy atom. The van der Waals surface area contributed by atoms with Gasteiger partial charge in [-0.15, -0.1) is 0 Å². The van der Waals surface area contributed by atoms with E-state index in [1.165, 1.54) is 6.42 Å². The highest BCUT2D eigenvalue weighted by Gasteiger charge is 2.23. The molecule has 0 aliphatic carbocycles. The lowest BCUT2D eigenvalue weighted by Crippen LogP contribution is -2.43. The Morgan fingerprint density at radius 2 is 2.19 bits per heavy atom. The molecule has 21 heavy (non-hydrogen) atoms. The Balaban J connectivity index is 1.88. The predicted octanol–water partition coefficient (Wildman–Crippen LogP) is 2.91. The molecule has 0 saturated carbocycles. The number of amides is 1. The van der Waals surface area contributed by atoms with Gasteiger partial charge in [-0.2, -0.15) is 5.26 Å². The summed E-state index contributed by atoms with van der Waals surface area (Å²) in [5, 5.41) is 10.1. The summed E-state index contributed by atoms with van der Waals surface area (Å²) in [6, 6.07) is 10.3. The van der Waals surface area contributed by atoms with E-state index in [0.29, 0.717) is 18.2 Å². The van der Waals surface area contributed by atoms with Gasteiger partial charge < -0.3 is 9.47 Å². The van der Waals surface area contributed by atoms with Crippen LogP contribution in [0.3, 0.4) is 0 Å². The third-order valence-electron chi connectivity index (χ3n) is 4.34. The Hall–Kier alpha value is -2.28. The van der Waals surface area contributed by atoms with Gasteiger partial charge in [0.2, 0.25) is 5.91 Å². The van der Waals surface area contributed by atoms with Crippen LogP contribution in [0, 0.1) is 11.3 Å². The van der Waals surface area contributed by atoms with Crippen molar-refractivity contribution >= 4 is 16.8 Å². The van der Waals surface area contributed by atoms with Gasteiger partial charge in [0.05, 0.1) is 5.56 Å². The molecule has 4 nitrogen and oxygen atoms in total. The van der Waals surface area contributed by atoms with Crippen LogP contribution in [0.5, 0.6) is 0 Å². The number of nitriles is 1. The Labute approximate surface area is 124 Å². The predicted molar refractivity (Wildman–Crippen MR) is 81.7 cm³/mol. The Morgan fingerprint density at radius 3 is 2.95 bits per heavy atom. The second-order valence-corrected chi connectivity index (χ2v) is 5.73. The fraction of sp³-hybridized carbons (Fsp3) is 0.412. The minimum absolute atomic E-state index is 0.146. The molecule has 3 rings (SSSR count). The number of benzene rings is 1. The van der Waals surface area contributed by atoms with Crippen molar-refractivity contribution in [1.29, 1.82) is 5.26 Å². The number of rotatable bonds is 2. The molecule has 0 bridgehead atoms. The lowest BCUT2D eigenvalue weighted by atomic mass is 10.0. The van der Waals surface area contributed by atoms with Gasteiger partial charge in [0.25, 0.3) is 0 Å². The second-order valence-electron chi connectivity index (χ2n) is 5.73. The molecule has 108 valence electrons. The molecule has 0 N–H and O–H groups in total. The van der Waals surface area contributed by atoms with E-state index in [1.54, 1.807) is 6.20 Å².